The highest BCUT2D eigenvalue weighted by atomic mass is 35.5. The van der Waals surface area contributed by atoms with Crippen LogP contribution in [0.1, 0.15) is 29.8 Å². The van der Waals surface area contributed by atoms with E-state index in [1.807, 2.05) is 13.0 Å². The van der Waals surface area contributed by atoms with Gasteiger partial charge in [-0.3, -0.25) is 0 Å². The van der Waals surface area contributed by atoms with Crippen molar-refractivity contribution >= 4 is 22.9 Å². The fourth-order valence-corrected chi connectivity index (χ4v) is 3.03. The van der Waals surface area contributed by atoms with E-state index in [9.17, 15) is 8.78 Å². The Labute approximate surface area is 120 Å². The van der Waals surface area contributed by atoms with Gasteiger partial charge in [-0.2, -0.15) is 0 Å². The molecule has 19 heavy (non-hydrogen) atoms. The number of rotatable bonds is 5. The van der Waals surface area contributed by atoms with Crippen molar-refractivity contribution in [2.45, 2.75) is 19.4 Å². The van der Waals surface area contributed by atoms with E-state index in [0.717, 1.165) is 30.0 Å². The molecule has 102 valence electrons. The quantitative estimate of drug-likeness (QED) is 0.839. The van der Waals surface area contributed by atoms with Gasteiger partial charge in [0, 0.05) is 10.4 Å². The minimum absolute atomic E-state index is 0.312. The van der Waals surface area contributed by atoms with Crippen LogP contribution in [-0.2, 0) is 0 Å². The van der Waals surface area contributed by atoms with Gasteiger partial charge in [0.1, 0.15) is 11.6 Å². The Morgan fingerprint density at radius 2 is 2.05 bits per heavy atom. The predicted molar refractivity (Wildman–Crippen MR) is 75.8 cm³/mol. The molecule has 1 aromatic heterocycles. The Morgan fingerprint density at radius 3 is 2.68 bits per heavy atom. The van der Waals surface area contributed by atoms with Crippen molar-refractivity contribution in [1.29, 1.82) is 0 Å². The summed E-state index contributed by atoms with van der Waals surface area (Å²) in [6.45, 7) is 2.74. The van der Waals surface area contributed by atoms with E-state index in [4.69, 9.17) is 11.6 Å². The maximum atomic E-state index is 13.9. The Kier molecular flexibility index (Phi) is 4.91. The number of thiophene rings is 1. The molecule has 0 aliphatic carbocycles. The molecule has 1 heterocycles. The lowest BCUT2D eigenvalue weighted by Gasteiger charge is -2.18. The average molecular weight is 302 g/mol. The summed E-state index contributed by atoms with van der Waals surface area (Å²) in [4.78, 5) is 0.878. The molecule has 2 aromatic rings. The highest BCUT2D eigenvalue weighted by Crippen LogP contribution is 2.32. The minimum atomic E-state index is -0.442. The maximum Gasteiger partial charge on any atom is 0.128 e. The van der Waals surface area contributed by atoms with Crippen LogP contribution in [0.15, 0.2) is 30.3 Å². The largest absolute Gasteiger partial charge is 0.306 e. The molecule has 0 saturated heterocycles. The van der Waals surface area contributed by atoms with Crippen molar-refractivity contribution in [1.82, 2.24) is 5.32 Å². The van der Waals surface area contributed by atoms with Crippen LogP contribution in [0.4, 0.5) is 8.78 Å². The zero-order valence-corrected chi connectivity index (χ0v) is 12.0. The predicted octanol–water partition coefficient (Wildman–Crippen LogP) is 4.77. The van der Waals surface area contributed by atoms with Gasteiger partial charge < -0.3 is 5.32 Å². The van der Waals surface area contributed by atoms with Gasteiger partial charge in [0.05, 0.1) is 10.4 Å². The van der Waals surface area contributed by atoms with Gasteiger partial charge in [0.2, 0.25) is 0 Å². The molecule has 0 aliphatic heterocycles. The van der Waals surface area contributed by atoms with Crippen LogP contribution in [0.3, 0.4) is 0 Å². The van der Waals surface area contributed by atoms with Gasteiger partial charge >= 0.3 is 0 Å². The second kappa shape index (κ2) is 6.46. The van der Waals surface area contributed by atoms with Gasteiger partial charge in [0.25, 0.3) is 0 Å². The van der Waals surface area contributed by atoms with Gasteiger partial charge in [-0.15, -0.1) is 11.3 Å². The average Bonchev–Trinajstić information content (AvgIpc) is 2.80. The first-order valence-corrected chi connectivity index (χ1v) is 7.25. The van der Waals surface area contributed by atoms with Crippen LogP contribution in [0.25, 0.3) is 0 Å². The summed E-state index contributed by atoms with van der Waals surface area (Å²) in [5.41, 5.74) is 0.312. The molecule has 0 radical (unpaired) electrons. The Bertz CT molecular complexity index is 556. The molecule has 1 aromatic carbocycles. The zero-order chi connectivity index (χ0) is 13.8. The molecule has 5 heteroatoms. The number of hydrogen-bond donors (Lipinski definition) is 1. The molecule has 1 unspecified atom stereocenters. The van der Waals surface area contributed by atoms with Gasteiger partial charge in [0.15, 0.2) is 0 Å². The van der Waals surface area contributed by atoms with E-state index in [-0.39, 0.29) is 6.04 Å². The second-order valence-corrected chi connectivity index (χ2v) is 5.94. The van der Waals surface area contributed by atoms with E-state index in [1.54, 1.807) is 6.07 Å². The lowest BCUT2D eigenvalue weighted by atomic mass is 10.0. The molecule has 1 atom stereocenters. The molecule has 1 N–H and O–H groups in total. The van der Waals surface area contributed by atoms with Crippen molar-refractivity contribution in [2.24, 2.45) is 0 Å². The molecule has 1 nitrogen and oxygen atoms in total. The van der Waals surface area contributed by atoms with Gasteiger partial charge in [-0.25, -0.2) is 8.78 Å². The van der Waals surface area contributed by atoms with E-state index in [0.29, 0.717) is 9.90 Å². The zero-order valence-electron chi connectivity index (χ0n) is 10.4. The molecular formula is C14H14ClF2NS. The van der Waals surface area contributed by atoms with Crippen molar-refractivity contribution in [3.63, 3.8) is 0 Å². The molecule has 0 amide bonds. The monoisotopic (exact) mass is 301 g/mol. The summed E-state index contributed by atoms with van der Waals surface area (Å²) in [5, 5.41) is 3.23. The first-order chi connectivity index (χ1) is 9.11. The van der Waals surface area contributed by atoms with Gasteiger partial charge in [-0.1, -0.05) is 18.5 Å². The van der Waals surface area contributed by atoms with Crippen LogP contribution in [0.2, 0.25) is 4.34 Å². The molecule has 0 spiro atoms. The Morgan fingerprint density at radius 1 is 1.26 bits per heavy atom. The number of benzene rings is 1. The molecule has 0 fully saturated rings. The highest BCUT2D eigenvalue weighted by molar-refractivity contribution is 7.16. The van der Waals surface area contributed by atoms with Crippen LogP contribution >= 0.6 is 22.9 Å². The first kappa shape index (κ1) is 14.4. The van der Waals surface area contributed by atoms with Crippen LogP contribution in [0, 0.1) is 11.6 Å². The fourth-order valence-electron chi connectivity index (χ4n) is 1.87. The molecular weight excluding hydrogens is 288 g/mol. The standard InChI is InChI=1S/C14H14ClF2NS/c1-2-7-18-14(12-5-6-13(15)19-12)10-8-9(16)3-4-11(10)17/h3-6,8,14,18H,2,7H2,1H3. The Hall–Kier alpha value is -0.970. The summed E-state index contributed by atoms with van der Waals surface area (Å²) < 4.78 is 27.9. The van der Waals surface area contributed by atoms with Crippen LogP contribution in [-0.4, -0.2) is 6.54 Å². The highest BCUT2D eigenvalue weighted by Gasteiger charge is 2.19. The third kappa shape index (κ3) is 3.53. The maximum absolute atomic E-state index is 13.9. The summed E-state index contributed by atoms with van der Waals surface area (Å²) in [5.74, 6) is -0.859. The molecule has 0 aliphatic rings. The lowest BCUT2D eigenvalue weighted by Crippen LogP contribution is -2.23. The molecule has 2 rings (SSSR count). The number of nitrogens with one attached hydrogen (secondary N) is 1. The smallest absolute Gasteiger partial charge is 0.128 e. The van der Waals surface area contributed by atoms with E-state index in [2.05, 4.69) is 5.32 Å². The SMILES string of the molecule is CCCNC(c1ccc(Cl)s1)c1cc(F)ccc1F. The third-order valence-electron chi connectivity index (χ3n) is 2.75. The van der Waals surface area contributed by atoms with Crippen molar-refractivity contribution in [3.05, 3.63) is 56.7 Å². The van der Waals surface area contributed by atoms with Gasteiger partial charge in [-0.05, 0) is 43.3 Å². The summed E-state index contributed by atoms with van der Waals surface area (Å²) in [7, 11) is 0. The van der Waals surface area contributed by atoms with Crippen molar-refractivity contribution in [3.8, 4) is 0 Å². The summed E-state index contributed by atoms with van der Waals surface area (Å²) in [6, 6.07) is 6.74. The normalized spacial score (nSPS) is 12.6. The minimum Gasteiger partial charge on any atom is -0.306 e. The second-order valence-electron chi connectivity index (χ2n) is 4.19. The van der Waals surface area contributed by atoms with E-state index in [1.165, 1.54) is 17.4 Å². The number of halogens is 3. The van der Waals surface area contributed by atoms with E-state index < -0.39 is 11.6 Å². The van der Waals surface area contributed by atoms with E-state index >= 15 is 0 Å². The van der Waals surface area contributed by atoms with Crippen molar-refractivity contribution in [2.75, 3.05) is 6.54 Å². The Balaban J connectivity index is 2.39. The first-order valence-electron chi connectivity index (χ1n) is 6.05. The van der Waals surface area contributed by atoms with Crippen LogP contribution in [0.5, 0.6) is 0 Å². The van der Waals surface area contributed by atoms with Crippen LogP contribution < -0.4 is 5.32 Å². The number of hydrogen-bond acceptors (Lipinski definition) is 2. The summed E-state index contributed by atoms with van der Waals surface area (Å²) in [6.07, 6.45) is 0.909. The fraction of sp³-hybridized carbons (Fsp3) is 0.286. The summed E-state index contributed by atoms with van der Waals surface area (Å²) >= 11 is 7.29. The van der Waals surface area contributed by atoms with Crippen molar-refractivity contribution < 1.29 is 8.78 Å². The lowest BCUT2D eigenvalue weighted by molar-refractivity contribution is 0.539. The molecule has 0 bridgehead atoms. The molecule has 0 saturated carbocycles. The topological polar surface area (TPSA) is 12.0 Å². The third-order valence-corrected chi connectivity index (χ3v) is 4.04.